The molecule has 0 aromatic heterocycles. The molecule has 1 aliphatic heterocycles. The summed E-state index contributed by atoms with van der Waals surface area (Å²) >= 11 is 1.22. The van der Waals surface area contributed by atoms with Crippen LogP contribution in [0.5, 0.6) is 11.5 Å². The molecule has 0 fully saturated rings. The molecule has 1 aliphatic rings. The Balaban J connectivity index is 1.57. The van der Waals surface area contributed by atoms with Gasteiger partial charge in [0, 0.05) is 5.69 Å². The van der Waals surface area contributed by atoms with Gasteiger partial charge in [-0.15, -0.1) is 0 Å². The zero-order valence-corrected chi connectivity index (χ0v) is 21.4. The van der Waals surface area contributed by atoms with Crippen molar-refractivity contribution in [3.8, 4) is 11.5 Å². The molecule has 1 heterocycles. The van der Waals surface area contributed by atoms with Gasteiger partial charge in [-0.25, -0.2) is 4.99 Å². The maximum atomic E-state index is 13.5. The molecule has 2 amide bonds. The molecule has 36 heavy (non-hydrogen) atoms. The fraction of sp³-hybridized carbons (Fsp3) is 0.179. The normalized spacial score (nSPS) is 14.1. The van der Waals surface area contributed by atoms with Gasteiger partial charge in [-0.05, 0) is 85.1 Å². The molecule has 3 aromatic carbocycles. The van der Waals surface area contributed by atoms with Crippen LogP contribution >= 0.6 is 11.8 Å². The van der Waals surface area contributed by atoms with E-state index in [0.29, 0.717) is 22.3 Å². The second kappa shape index (κ2) is 11.1. The predicted molar refractivity (Wildman–Crippen MR) is 146 cm³/mol. The third-order valence-electron chi connectivity index (χ3n) is 5.42. The van der Waals surface area contributed by atoms with E-state index in [4.69, 9.17) is 9.47 Å². The maximum absolute atomic E-state index is 13.5. The summed E-state index contributed by atoms with van der Waals surface area (Å²) in [7, 11) is 3.20. The van der Waals surface area contributed by atoms with Crippen LogP contribution in [0.2, 0.25) is 0 Å². The zero-order chi connectivity index (χ0) is 25.7. The number of amides is 2. The van der Waals surface area contributed by atoms with Gasteiger partial charge in [0.15, 0.2) is 5.17 Å². The first-order valence-electron chi connectivity index (χ1n) is 11.3. The molecule has 0 bridgehead atoms. The minimum absolute atomic E-state index is 0.0925. The highest BCUT2D eigenvalue weighted by atomic mass is 32.2. The van der Waals surface area contributed by atoms with E-state index in [2.05, 4.69) is 10.3 Å². The van der Waals surface area contributed by atoms with E-state index in [1.165, 1.54) is 11.8 Å². The number of aryl methyl sites for hydroxylation is 2. The van der Waals surface area contributed by atoms with Crippen molar-refractivity contribution in [3.05, 3.63) is 89.1 Å². The third-order valence-corrected chi connectivity index (χ3v) is 6.36. The lowest BCUT2D eigenvalue weighted by Gasteiger charge is -2.19. The Morgan fingerprint density at radius 1 is 0.944 bits per heavy atom. The largest absolute Gasteiger partial charge is 0.497 e. The summed E-state index contributed by atoms with van der Waals surface area (Å²) in [6.07, 6.45) is 1.74. The lowest BCUT2D eigenvalue weighted by molar-refractivity contribution is -0.114. The van der Waals surface area contributed by atoms with E-state index in [9.17, 15) is 9.59 Å². The first-order valence-corrected chi connectivity index (χ1v) is 12.3. The quantitative estimate of drug-likeness (QED) is 0.436. The Kier molecular flexibility index (Phi) is 7.75. The van der Waals surface area contributed by atoms with Gasteiger partial charge in [0.1, 0.15) is 17.2 Å². The summed E-state index contributed by atoms with van der Waals surface area (Å²) < 4.78 is 10.4. The minimum atomic E-state index is -0.242. The van der Waals surface area contributed by atoms with Crippen molar-refractivity contribution in [1.82, 2.24) is 0 Å². The molecule has 4 rings (SSSR count). The molecular weight excluding hydrogens is 474 g/mol. The van der Waals surface area contributed by atoms with Crippen molar-refractivity contribution in [3.63, 3.8) is 0 Å². The first-order chi connectivity index (χ1) is 17.4. The van der Waals surface area contributed by atoms with E-state index in [0.717, 1.165) is 28.1 Å². The number of hydrogen-bond acceptors (Lipinski definition) is 6. The molecule has 7 nitrogen and oxygen atoms in total. The Labute approximate surface area is 214 Å². The van der Waals surface area contributed by atoms with Crippen molar-refractivity contribution in [1.29, 1.82) is 0 Å². The zero-order valence-electron chi connectivity index (χ0n) is 20.6. The van der Waals surface area contributed by atoms with Crippen LogP contribution in [-0.4, -0.2) is 37.0 Å². The Bertz CT molecular complexity index is 1310. The van der Waals surface area contributed by atoms with Gasteiger partial charge in [0.05, 0.1) is 25.7 Å². The number of nitrogens with one attached hydrogen (secondary N) is 1. The number of benzene rings is 3. The molecule has 0 unspecified atom stereocenters. The molecule has 8 heteroatoms. The molecule has 0 saturated carbocycles. The van der Waals surface area contributed by atoms with Crippen molar-refractivity contribution < 1.29 is 19.1 Å². The van der Waals surface area contributed by atoms with Crippen molar-refractivity contribution in [2.45, 2.75) is 13.8 Å². The summed E-state index contributed by atoms with van der Waals surface area (Å²) in [4.78, 5) is 32.3. The summed E-state index contributed by atoms with van der Waals surface area (Å²) in [6.45, 7) is 3.97. The smallest absolute Gasteiger partial charge is 0.283 e. The van der Waals surface area contributed by atoms with Crippen molar-refractivity contribution in [2.24, 2.45) is 4.99 Å². The molecule has 0 spiro atoms. The van der Waals surface area contributed by atoms with Crippen LogP contribution in [0, 0.1) is 13.8 Å². The maximum Gasteiger partial charge on any atom is 0.283 e. The summed E-state index contributed by atoms with van der Waals surface area (Å²) in [5.74, 6) is 1.09. The van der Waals surface area contributed by atoms with E-state index in [1.807, 2.05) is 56.3 Å². The first kappa shape index (κ1) is 25.1. The van der Waals surface area contributed by atoms with E-state index in [-0.39, 0.29) is 17.6 Å². The fourth-order valence-corrected chi connectivity index (χ4v) is 4.57. The molecule has 0 atom stereocenters. The molecule has 0 radical (unpaired) electrons. The molecule has 1 N–H and O–H groups in total. The Hall–Kier alpha value is -4.04. The van der Waals surface area contributed by atoms with E-state index >= 15 is 0 Å². The van der Waals surface area contributed by atoms with Crippen LogP contribution in [0.4, 0.5) is 11.4 Å². The molecule has 0 aliphatic carbocycles. The summed E-state index contributed by atoms with van der Waals surface area (Å²) in [6, 6.07) is 20.4. The number of ether oxygens (including phenoxy) is 2. The topological polar surface area (TPSA) is 80.2 Å². The average Bonchev–Trinajstić information content (AvgIpc) is 3.17. The van der Waals surface area contributed by atoms with Gasteiger partial charge >= 0.3 is 0 Å². The van der Waals surface area contributed by atoms with Crippen molar-refractivity contribution in [2.75, 3.05) is 30.2 Å². The lowest BCUT2D eigenvalue weighted by atomic mass is 10.1. The standard InChI is InChI=1S/C28H27N3O4S/c1-18-13-19(2)15-22(14-18)31-27(33)25(16-20-5-9-23(34-3)10-6-20)30-28(31)36-17-26(32)29-21-7-11-24(35-4)12-8-21/h5-16H,17H2,1-4H3,(H,29,32)/b25-16-. The van der Waals surface area contributed by atoms with Crippen molar-refractivity contribution >= 4 is 46.2 Å². The highest BCUT2D eigenvalue weighted by Gasteiger charge is 2.32. The van der Waals surface area contributed by atoms with Gasteiger partial charge < -0.3 is 14.8 Å². The number of carbonyl (C=O) groups excluding carboxylic acids is 2. The van der Waals surface area contributed by atoms with Crippen LogP contribution in [0.1, 0.15) is 16.7 Å². The van der Waals surface area contributed by atoms with Crippen LogP contribution in [0.25, 0.3) is 6.08 Å². The molecular formula is C28H27N3O4S. The SMILES string of the molecule is COc1ccc(/C=C2\N=C(SCC(=O)Nc3ccc(OC)cc3)N(c3cc(C)cc(C)c3)C2=O)cc1. The van der Waals surface area contributed by atoms with Gasteiger partial charge in [-0.1, -0.05) is 30.0 Å². The Morgan fingerprint density at radius 2 is 1.53 bits per heavy atom. The molecule has 3 aromatic rings. The second-order valence-electron chi connectivity index (χ2n) is 8.25. The number of amidine groups is 1. The van der Waals surface area contributed by atoms with E-state index in [1.54, 1.807) is 49.5 Å². The van der Waals surface area contributed by atoms with Crippen LogP contribution in [0.15, 0.2) is 77.4 Å². The lowest BCUT2D eigenvalue weighted by Crippen LogP contribution is -2.31. The predicted octanol–water partition coefficient (Wildman–Crippen LogP) is 5.44. The molecule has 0 saturated heterocycles. The van der Waals surface area contributed by atoms with Crippen LogP contribution in [-0.2, 0) is 9.59 Å². The third kappa shape index (κ3) is 5.95. The number of anilines is 2. The number of methoxy groups -OCH3 is 2. The number of thioether (sulfide) groups is 1. The highest BCUT2D eigenvalue weighted by Crippen LogP contribution is 2.31. The number of nitrogens with zero attached hydrogens (tertiary/aromatic N) is 2. The number of hydrogen-bond donors (Lipinski definition) is 1. The van der Waals surface area contributed by atoms with Gasteiger partial charge in [0.2, 0.25) is 5.91 Å². The average molecular weight is 502 g/mol. The van der Waals surface area contributed by atoms with Crippen LogP contribution < -0.4 is 19.7 Å². The van der Waals surface area contributed by atoms with Gasteiger partial charge in [0.25, 0.3) is 5.91 Å². The number of aliphatic imine (C=N–C) groups is 1. The monoisotopic (exact) mass is 501 g/mol. The molecule has 184 valence electrons. The van der Waals surface area contributed by atoms with E-state index < -0.39 is 0 Å². The summed E-state index contributed by atoms with van der Waals surface area (Å²) in [5.41, 5.74) is 4.58. The Morgan fingerprint density at radius 3 is 2.11 bits per heavy atom. The van der Waals surface area contributed by atoms with Gasteiger partial charge in [-0.3, -0.25) is 14.5 Å². The van der Waals surface area contributed by atoms with Crippen LogP contribution in [0.3, 0.4) is 0 Å². The second-order valence-corrected chi connectivity index (χ2v) is 9.19. The van der Waals surface area contributed by atoms with Gasteiger partial charge in [-0.2, -0.15) is 0 Å². The minimum Gasteiger partial charge on any atom is -0.497 e. The number of rotatable bonds is 7. The summed E-state index contributed by atoms with van der Waals surface area (Å²) in [5, 5.41) is 3.32. The highest BCUT2D eigenvalue weighted by molar-refractivity contribution is 8.14. The fourth-order valence-electron chi connectivity index (χ4n) is 3.76. The number of carbonyl (C=O) groups is 2.